The number of aryl methyl sites for hydroxylation is 1. The topological polar surface area (TPSA) is 29.9 Å². The van der Waals surface area contributed by atoms with E-state index in [1.165, 1.54) is 21.6 Å². The second-order valence-electron chi connectivity index (χ2n) is 5.19. The Kier molecular flexibility index (Phi) is 4.48. The molecule has 0 radical (unpaired) electrons. The summed E-state index contributed by atoms with van der Waals surface area (Å²) in [5.41, 5.74) is 4.00. The molecule has 0 saturated carbocycles. The van der Waals surface area contributed by atoms with Gasteiger partial charge in [0.2, 0.25) is 0 Å². The van der Waals surface area contributed by atoms with Crippen LogP contribution >= 0.6 is 11.3 Å². The summed E-state index contributed by atoms with van der Waals surface area (Å²) in [6.07, 6.45) is 5.66. The average Bonchev–Trinajstić information content (AvgIpc) is 3.12. The fourth-order valence-electron chi connectivity index (χ4n) is 2.33. The molecule has 3 rings (SSSR count). The predicted octanol–water partition coefficient (Wildman–Crippen LogP) is 3.59. The van der Waals surface area contributed by atoms with Crippen molar-refractivity contribution in [2.45, 2.75) is 26.6 Å². The van der Waals surface area contributed by atoms with Gasteiger partial charge in [0.25, 0.3) is 0 Å². The first-order chi connectivity index (χ1) is 10.3. The Morgan fingerprint density at radius 1 is 1.19 bits per heavy atom. The Morgan fingerprint density at radius 3 is 2.86 bits per heavy atom. The van der Waals surface area contributed by atoms with Crippen LogP contribution in [0.4, 0.5) is 0 Å². The van der Waals surface area contributed by atoms with Gasteiger partial charge in [-0.2, -0.15) is 0 Å². The van der Waals surface area contributed by atoms with Crippen molar-refractivity contribution < 1.29 is 0 Å². The number of nitrogens with zero attached hydrogens (tertiary/aromatic N) is 2. The van der Waals surface area contributed by atoms with Crippen molar-refractivity contribution in [3.63, 3.8) is 0 Å². The lowest BCUT2D eigenvalue weighted by atomic mass is 10.1. The van der Waals surface area contributed by atoms with Crippen molar-refractivity contribution in [3.8, 4) is 0 Å². The van der Waals surface area contributed by atoms with Gasteiger partial charge in [-0.3, -0.25) is 0 Å². The van der Waals surface area contributed by atoms with E-state index in [-0.39, 0.29) is 0 Å². The fraction of sp³-hybridized carbons (Fsp3) is 0.235. The molecular weight excluding hydrogens is 278 g/mol. The standard InChI is InChI=1S/C17H19N3S/c1-14-5-8-21-17(14)11-19-10-15-3-2-4-16(9-15)12-20-7-6-18-13-20/h2-9,13,19H,10-12H2,1H3. The molecule has 0 saturated heterocycles. The number of nitrogens with one attached hydrogen (secondary N) is 1. The molecule has 0 bridgehead atoms. The van der Waals surface area contributed by atoms with Crippen LogP contribution in [0.3, 0.4) is 0 Å². The van der Waals surface area contributed by atoms with Crippen LogP contribution in [0.25, 0.3) is 0 Å². The van der Waals surface area contributed by atoms with Crippen molar-refractivity contribution >= 4 is 11.3 Å². The summed E-state index contributed by atoms with van der Waals surface area (Å²) >= 11 is 1.82. The van der Waals surface area contributed by atoms with Gasteiger partial charge in [0.05, 0.1) is 6.33 Å². The third-order valence-corrected chi connectivity index (χ3v) is 4.52. The van der Waals surface area contributed by atoms with E-state index in [1.807, 2.05) is 30.1 Å². The first kappa shape index (κ1) is 14.0. The molecule has 3 aromatic rings. The lowest BCUT2D eigenvalue weighted by molar-refractivity contribution is 0.696. The van der Waals surface area contributed by atoms with Gasteiger partial charge in [0, 0.05) is 36.9 Å². The van der Waals surface area contributed by atoms with E-state index in [0.717, 1.165) is 19.6 Å². The van der Waals surface area contributed by atoms with E-state index in [4.69, 9.17) is 0 Å². The first-order valence-electron chi connectivity index (χ1n) is 7.08. The molecule has 1 aromatic carbocycles. The molecular formula is C17H19N3S. The maximum absolute atomic E-state index is 4.08. The summed E-state index contributed by atoms with van der Waals surface area (Å²) < 4.78 is 2.08. The van der Waals surface area contributed by atoms with Gasteiger partial charge in [-0.25, -0.2) is 4.98 Å². The minimum atomic E-state index is 0.873. The summed E-state index contributed by atoms with van der Waals surface area (Å²) in [7, 11) is 0. The fourth-order valence-corrected chi connectivity index (χ4v) is 3.21. The average molecular weight is 297 g/mol. The van der Waals surface area contributed by atoms with Crippen LogP contribution in [0, 0.1) is 6.92 Å². The van der Waals surface area contributed by atoms with Crippen LogP contribution in [0.2, 0.25) is 0 Å². The van der Waals surface area contributed by atoms with Crippen LogP contribution in [-0.4, -0.2) is 9.55 Å². The zero-order chi connectivity index (χ0) is 14.5. The molecule has 0 fully saturated rings. The van der Waals surface area contributed by atoms with E-state index in [1.54, 1.807) is 0 Å². The molecule has 0 atom stereocenters. The minimum absolute atomic E-state index is 0.873. The molecule has 0 aliphatic carbocycles. The molecule has 4 heteroatoms. The summed E-state index contributed by atoms with van der Waals surface area (Å²) in [5, 5.41) is 5.67. The zero-order valence-electron chi connectivity index (χ0n) is 12.1. The molecule has 0 unspecified atom stereocenters. The third-order valence-electron chi connectivity index (χ3n) is 3.50. The maximum atomic E-state index is 4.08. The molecule has 2 aromatic heterocycles. The molecule has 3 nitrogen and oxygen atoms in total. The van der Waals surface area contributed by atoms with Crippen molar-refractivity contribution in [1.82, 2.24) is 14.9 Å². The molecule has 0 spiro atoms. The molecule has 0 aliphatic heterocycles. The van der Waals surface area contributed by atoms with Crippen molar-refractivity contribution in [3.05, 3.63) is 76.0 Å². The van der Waals surface area contributed by atoms with Gasteiger partial charge in [-0.1, -0.05) is 24.3 Å². The Morgan fingerprint density at radius 2 is 2.10 bits per heavy atom. The van der Waals surface area contributed by atoms with Crippen LogP contribution in [0.15, 0.2) is 54.4 Å². The Balaban J connectivity index is 1.57. The number of hydrogen-bond donors (Lipinski definition) is 1. The first-order valence-corrected chi connectivity index (χ1v) is 7.96. The van der Waals surface area contributed by atoms with Crippen molar-refractivity contribution in [1.29, 1.82) is 0 Å². The van der Waals surface area contributed by atoms with Crippen molar-refractivity contribution in [2.75, 3.05) is 0 Å². The minimum Gasteiger partial charge on any atom is -0.333 e. The third kappa shape index (κ3) is 3.80. The number of rotatable bonds is 6. The van der Waals surface area contributed by atoms with Gasteiger partial charge < -0.3 is 9.88 Å². The molecule has 21 heavy (non-hydrogen) atoms. The van der Waals surface area contributed by atoms with Crippen LogP contribution in [-0.2, 0) is 19.6 Å². The second-order valence-corrected chi connectivity index (χ2v) is 6.19. The molecule has 1 N–H and O–H groups in total. The SMILES string of the molecule is Cc1ccsc1CNCc1cccc(Cn2ccnc2)c1. The number of benzene rings is 1. The van der Waals surface area contributed by atoms with E-state index in [9.17, 15) is 0 Å². The smallest absolute Gasteiger partial charge is 0.0949 e. The quantitative estimate of drug-likeness (QED) is 0.753. The van der Waals surface area contributed by atoms with Gasteiger partial charge in [0.1, 0.15) is 0 Å². The van der Waals surface area contributed by atoms with Gasteiger partial charge in [-0.05, 0) is 35.1 Å². The van der Waals surface area contributed by atoms with Gasteiger partial charge >= 0.3 is 0 Å². The summed E-state index contributed by atoms with van der Waals surface area (Å²) in [5.74, 6) is 0. The lowest BCUT2D eigenvalue weighted by Crippen LogP contribution is -2.12. The highest BCUT2D eigenvalue weighted by molar-refractivity contribution is 7.10. The molecule has 0 amide bonds. The predicted molar refractivity (Wildman–Crippen MR) is 87.4 cm³/mol. The second kappa shape index (κ2) is 6.70. The number of thiophene rings is 1. The van der Waals surface area contributed by atoms with E-state index >= 15 is 0 Å². The summed E-state index contributed by atoms with van der Waals surface area (Å²) in [4.78, 5) is 5.50. The van der Waals surface area contributed by atoms with Crippen LogP contribution in [0.1, 0.15) is 21.6 Å². The van der Waals surface area contributed by atoms with E-state index < -0.39 is 0 Å². The van der Waals surface area contributed by atoms with Crippen molar-refractivity contribution in [2.24, 2.45) is 0 Å². The normalized spacial score (nSPS) is 10.9. The highest BCUT2D eigenvalue weighted by Crippen LogP contribution is 2.15. The number of aromatic nitrogens is 2. The summed E-state index contributed by atoms with van der Waals surface area (Å²) in [6.45, 7) is 4.88. The maximum Gasteiger partial charge on any atom is 0.0949 e. The molecule has 0 aliphatic rings. The van der Waals surface area contributed by atoms with Crippen LogP contribution in [0.5, 0.6) is 0 Å². The van der Waals surface area contributed by atoms with Gasteiger partial charge in [-0.15, -0.1) is 11.3 Å². The highest BCUT2D eigenvalue weighted by atomic mass is 32.1. The summed E-state index contributed by atoms with van der Waals surface area (Å²) in [6, 6.07) is 10.9. The molecule has 108 valence electrons. The van der Waals surface area contributed by atoms with Gasteiger partial charge in [0.15, 0.2) is 0 Å². The lowest BCUT2D eigenvalue weighted by Gasteiger charge is -2.08. The number of hydrogen-bond acceptors (Lipinski definition) is 3. The largest absolute Gasteiger partial charge is 0.333 e. The number of imidazole rings is 1. The monoisotopic (exact) mass is 297 g/mol. The Hall–Kier alpha value is -1.91. The van der Waals surface area contributed by atoms with Crippen LogP contribution < -0.4 is 5.32 Å². The van der Waals surface area contributed by atoms with E-state index in [2.05, 4.69) is 57.5 Å². The van der Waals surface area contributed by atoms with E-state index in [0.29, 0.717) is 0 Å². The Bertz CT molecular complexity index is 686. The molecule has 2 heterocycles. The zero-order valence-corrected chi connectivity index (χ0v) is 12.9. The Labute approximate surface area is 129 Å². The highest BCUT2D eigenvalue weighted by Gasteiger charge is 2.01.